The minimum absolute atomic E-state index is 0.0180. The third-order valence-corrected chi connectivity index (χ3v) is 8.15. The Bertz CT molecular complexity index is 1330. The van der Waals surface area contributed by atoms with E-state index in [4.69, 9.17) is 4.74 Å². The summed E-state index contributed by atoms with van der Waals surface area (Å²) in [5.74, 6) is 0.0540. The van der Waals surface area contributed by atoms with Gasteiger partial charge in [0, 0.05) is 31.2 Å². The van der Waals surface area contributed by atoms with Crippen molar-refractivity contribution >= 4 is 21.6 Å². The lowest BCUT2D eigenvalue weighted by atomic mass is 9.99. The van der Waals surface area contributed by atoms with Gasteiger partial charge in [0.05, 0.1) is 23.1 Å². The summed E-state index contributed by atoms with van der Waals surface area (Å²) in [4.78, 5) is 17.6. The van der Waals surface area contributed by atoms with Gasteiger partial charge in [0.2, 0.25) is 0 Å². The third-order valence-electron chi connectivity index (χ3n) is 6.76. The molecule has 1 aliphatic rings. The minimum atomic E-state index is -3.84. The molecule has 9 heteroatoms. The average Bonchev–Trinajstić information content (AvgIpc) is 2.91. The number of likely N-dealkylation sites (N-methyl/N-ethyl adjacent to an activating group) is 1. The van der Waals surface area contributed by atoms with Crippen LogP contribution in [0.15, 0.2) is 83.8 Å². The largest absolute Gasteiger partial charge is 0.488 e. The summed E-state index contributed by atoms with van der Waals surface area (Å²) in [5.41, 5.74) is 1.70. The van der Waals surface area contributed by atoms with Gasteiger partial charge < -0.3 is 14.7 Å². The number of carbonyl (C=O) groups excluding carboxylic acids is 1. The van der Waals surface area contributed by atoms with Crippen LogP contribution >= 0.6 is 0 Å². The molecule has 0 aliphatic carbocycles. The molecular weight excluding hydrogens is 502 g/mol. The van der Waals surface area contributed by atoms with Gasteiger partial charge in [-0.3, -0.25) is 14.4 Å². The van der Waals surface area contributed by atoms with Crippen molar-refractivity contribution in [3.63, 3.8) is 0 Å². The smallest absolute Gasteiger partial charge is 0.261 e. The van der Waals surface area contributed by atoms with Crippen LogP contribution in [0.1, 0.15) is 29.8 Å². The molecule has 3 aromatic rings. The number of aliphatic hydroxyl groups excluding tert-OH is 1. The van der Waals surface area contributed by atoms with Crippen LogP contribution in [0.2, 0.25) is 0 Å². The maximum atomic E-state index is 13.6. The zero-order chi connectivity index (χ0) is 27.3. The van der Waals surface area contributed by atoms with E-state index in [1.54, 1.807) is 42.2 Å². The third kappa shape index (κ3) is 6.53. The molecule has 0 aromatic heterocycles. The highest BCUT2D eigenvalue weighted by molar-refractivity contribution is 7.92. The fraction of sp³-hybridized carbons (Fsp3) is 0.345. The Balaban J connectivity index is 1.63. The quantitative estimate of drug-likeness (QED) is 0.430. The van der Waals surface area contributed by atoms with E-state index in [0.717, 1.165) is 6.54 Å². The van der Waals surface area contributed by atoms with E-state index >= 15 is 0 Å². The molecule has 0 saturated carbocycles. The standard InChI is InChI=1S/C29H35N3O5S/c1-21-17-32(22(2)20-33)29(34)26-16-24(30-38(35,36)25-12-8-5-9-13-25)14-15-27(26)37-28(21)19-31(3)18-23-10-6-4-7-11-23/h4-16,21-22,28,30,33H,17-20H2,1-3H3/t21-,22+,28-/m1/s1. The number of amides is 1. The summed E-state index contributed by atoms with van der Waals surface area (Å²) >= 11 is 0. The lowest BCUT2D eigenvalue weighted by Gasteiger charge is -2.38. The van der Waals surface area contributed by atoms with E-state index in [2.05, 4.69) is 21.8 Å². The number of rotatable bonds is 9. The molecule has 0 spiro atoms. The Morgan fingerprint density at radius 3 is 2.39 bits per heavy atom. The molecule has 1 heterocycles. The van der Waals surface area contributed by atoms with E-state index in [0.29, 0.717) is 18.8 Å². The number of nitrogens with zero attached hydrogens (tertiary/aromatic N) is 2. The lowest BCUT2D eigenvalue weighted by molar-refractivity contribution is 0.0341. The summed E-state index contributed by atoms with van der Waals surface area (Å²) in [6, 6.07) is 22.6. The number of hydrogen-bond acceptors (Lipinski definition) is 6. The van der Waals surface area contributed by atoms with Gasteiger partial charge in [0.25, 0.3) is 15.9 Å². The number of sulfonamides is 1. The van der Waals surface area contributed by atoms with Gasteiger partial charge in [-0.05, 0) is 49.9 Å². The van der Waals surface area contributed by atoms with Crippen molar-refractivity contribution < 1.29 is 23.1 Å². The normalized spacial score (nSPS) is 18.8. The maximum Gasteiger partial charge on any atom is 0.261 e. The van der Waals surface area contributed by atoms with E-state index in [9.17, 15) is 18.3 Å². The highest BCUT2D eigenvalue weighted by Crippen LogP contribution is 2.31. The number of benzene rings is 3. The Kier molecular flexibility index (Phi) is 8.71. The van der Waals surface area contributed by atoms with Crippen molar-refractivity contribution in [3.05, 3.63) is 90.0 Å². The van der Waals surface area contributed by atoms with Crippen LogP contribution in [-0.4, -0.2) is 68.1 Å². The zero-order valence-corrected chi connectivity index (χ0v) is 22.8. The number of aliphatic hydroxyl groups is 1. The molecule has 0 radical (unpaired) electrons. The van der Waals surface area contributed by atoms with Crippen LogP contribution < -0.4 is 9.46 Å². The number of hydrogen-bond donors (Lipinski definition) is 2. The topological polar surface area (TPSA) is 99.2 Å². The van der Waals surface area contributed by atoms with E-state index in [1.807, 2.05) is 32.2 Å². The van der Waals surface area contributed by atoms with Crippen molar-refractivity contribution in [3.8, 4) is 5.75 Å². The molecule has 3 aromatic carbocycles. The van der Waals surface area contributed by atoms with Gasteiger partial charge in [-0.2, -0.15) is 0 Å². The summed E-state index contributed by atoms with van der Waals surface area (Å²) in [7, 11) is -1.80. The molecule has 0 unspecified atom stereocenters. The molecule has 1 amide bonds. The maximum absolute atomic E-state index is 13.6. The molecule has 0 saturated heterocycles. The Hall–Kier alpha value is -3.40. The number of fused-ring (bicyclic) bond motifs is 1. The van der Waals surface area contributed by atoms with Crippen molar-refractivity contribution in [1.82, 2.24) is 9.80 Å². The number of ether oxygens (including phenoxy) is 1. The van der Waals surface area contributed by atoms with Crippen LogP contribution in [0.3, 0.4) is 0 Å². The second kappa shape index (κ2) is 12.0. The number of nitrogens with one attached hydrogen (secondary N) is 1. The first-order valence-corrected chi connectivity index (χ1v) is 14.2. The van der Waals surface area contributed by atoms with E-state index < -0.39 is 16.1 Å². The zero-order valence-electron chi connectivity index (χ0n) is 21.9. The second-order valence-corrected chi connectivity index (χ2v) is 11.6. The van der Waals surface area contributed by atoms with Crippen molar-refractivity contribution in [2.24, 2.45) is 5.92 Å². The van der Waals surface area contributed by atoms with Crippen molar-refractivity contribution in [2.75, 3.05) is 31.5 Å². The van der Waals surface area contributed by atoms with Crippen molar-refractivity contribution in [1.29, 1.82) is 0 Å². The Morgan fingerprint density at radius 1 is 1.08 bits per heavy atom. The molecule has 3 atom stereocenters. The number of carbonyl (C=O) groups is 1. The van der Waals surface area contributed by atoms with Gasteiger partial charge in [-0.25, -0.2) is 8.42 Å². The predicted octanol–water partition coefficient (Wildman–Crippen LogP) is 3.84. The van der Waals surface area contributed by atoms with E-state index in [-0.39, 0.29) is 40.7 Å². The molecule has 0 fully saturated rings. The van der Waals surface area contributed by atoms with E-state index in [1.165, 1.54) is 23.8 Å². The first-order valence-electron chi connectivity index (χ1n) is 12.7. The molecule has 1 aliphatic heterocycles. The molecule has 0 bridgehead atoms. The van der Waals surface area contributed by atoms with Gasteiger partial charge in [0.1, 0.15) is 11.9 Å². The summed E-state index contributed by atoms with van der Waals surface area (Å²) in [5, 5.41) is 9.89. The van der Waals surface area contributed by atoms with Crippen LogP contribution in [0.25, 0.3) is 0 Å². The summed E-state index contributed by atoms with van der Waals surface area (Å²) in [6.07, 6.45) is -0.240. The van der Waals surface area contributed by atoms with Crippen molar-refractivity contribution in [2.45, 2.75) is 37.4 Å². The molecule has 2 N–H and O–H groups in total. The van der Waals surface area contributed by atoms with Gasteiger partial charge in [-0.1, -0.05) is 55.5 Å². The van der Waals surface area contributed by atoms with Crippen LogP contribution in [0.4, 0.5) is 5.69 Å². The highest BCUT2D eigenvalue weighted by atomic mass is 32.2. The summed E-state index contributed by atoms with van der Waals surface area (Å²) in [6.45, 7) is 5.41. The van der Waals surface area contributed by atoms with Gasteiger partial charge >= 0.3 is 0 Å². The van der Waals surface area contributed by atoms with Gasteiger partial charge in [0.15, 0.2) is 0 Å². The lowest BCUT2D eigenvalue weighted by Crippen LogP contribution is -2.49. The molecule has 202 valence electrons. The average molecular weight is 538 g/mol. The minimum Gasteiger partial charge on any atom is -0.488 e. The highest BCUT2D eigenvalue weighted by Gasteiger charge is 2.33. The molecular formula is C29H35N3O5S. The predicted molar refractivity (Wildman–Crippen MR) is 148 cm³/mol. The molecule has 8 nitrogen and oxygen atoms in total. The van der Waals surface area contributed by atoms with Crippen LogP contribution in [0, 0.1) is 5.92 Å². The van der Waals surface area contributed by atoms with Gasteiger partial charge in [-0.15, -0.1) is 0 Å². The fourth-order valence-electron chi connectivity index (χ4n) is 4.58. The fourth-order valence-corrected chi connectivity index (χ4v) is 5.66. The number of anilines is 1. The van der Waals surface area contributed by atoms with Crippen LogP contribution in [0.5, 0.6) is 5.75 Å². The Morgan fingerprint density at radius 2 is 1.74 bits per heavy atom. The molecule has 4 rings (SSSR count). The molecule has 38 heavy (non-hydrogen) atoms. The summed E-state index contributed by atoms with van der Waals surface area (Å²) < 4.78 is 34.8. The SMILES string of the molecule is C[C@@H]1CN([C@@H](C)CO)C(=O)c2cc(NS(=O)(=O)c3ccccc3)ccc2O[C@@H]1CN(C)Cc1ccccc1. The first-order chi connectivity index (χ1) is 18.2. The second-order valence-electron chi connectivity index (χ2n) is 9.93. The first kappa shape index (κ1) is 27.6. The monoisotopic (exact) mass is 537 g/mol. The Labute approximate surface area is 224 Å². The van der Waals surface area contributed by atoms with Crippen LogP contribution in [-0.2, 0) is 16.6 Å².